The molecule has 1 heteroatoms. The van der Waals surface area contributed by atoms with Crippen LogP contribution in [0.5, 0.6) is 5.75 Å². The molecule has 7 rings (SSSR count). The molecule has 7 aromatic rings. The Bertz CT molecular complexity index is 1860. The predicted molar refractivity (Wildman–Crippen MR) is 179 cm³/mol. The van der Waals surface area contributed by atoms with Crippen molar-refractivity contribution >= 4 is 0 Å². The summed E-state index contributed by atoms with van der Waals surface area (Å²) in [5, 5.41) is 14.1. The quantitative estimate of drug-likeness (QED) is 0.202. The van der Waals surface area contributed by atoms with Crippen LogP contribution in [-0.2, 0) is 0 Å². The third kappa shape index (κ3) is 5.25. The van der Waals surface area contributed by atoms with Crippen LogP contribution in [-0.4, -0.2) is 0 Å². The highest BCUT2D eigenvalue weighted by molar-refractivity contribution is 6.00. The zero-order valence-corrected chi connectivity index (χ0v) is 23.7. The number of rotatable bonds is 6. The van der Waals surface area contributed by atoms with E-state index < -0.39 is 0 Å². The summed E-state index contributed by atoms with van der Waals surface area (Å²) in [7, 11) is 0. The number of benzene rings is 7. The molecule has 0 fully saturated rings. The molecule has 0 N–H and O–H groups in total. The van der Waals surface area contributed by atoms with E-state index in [1.807, 2.05) is 60.7 Å². The van der Waals surface area contributed by atoms with E-state index in [1.54, 1.807) is 0 Å². The van der Waals surface area contributed by atoms with E-state index in [9.17, 15) is 5.11 Å². The van der Waals surface area contributed by atoms with Crippen LogP contribution in [0.1, 0.15) is 0 Å². The molecule has 0 aliphatic carbocycles. The van der Waals surface area contributed by atoms with Gasteiger partial charge in [-0.25, -0.2) is 0 Å². The molecule has 204 valence electrons. The first kappa shape index (κ1) is 26.3. The lowest BCUT2D eigenvalue weighted by Gasteiger charge is -2.24. The Labute approximate surface area is 253 Å². The molecule has 0 unspecified atom stereocenters. The third-order valence-electron chi connectivity index (χ3n) is 7.96. The molecule has 0 saturated carbocycles. The maximum absolute atomic E-state index is 14.1. The van der Waals surface area contributed by atoms with Gasteiger partial charge in [-0.2, -0.15) is 0 Å². The van der Waals surface area contributed by atoms with E-state index in [1.165, 1.54) is 0 Å². The van der Waals surface area contributed by atoms with Gasteiger partial charge in [-0.15, -0.1) is 0 Å². The highest BCUT2D eigenvalue weighted by atomic mass is 16.3. The van der Waals surface area contributed by atoms with Gasteiger partial charge in [-0.3, -0.25) is 0 Å². The Morgan fingerprint density at radius 3 is 0.884 bits per heavy atom. The van der Waals surface area contributed by atoms with Crippen molar-refractivity contribution < 1.29 is 5.11 Å². The lowest BCUT2D eigenvalue weighted by molar-refractivity contribution is -0.266. The number of hydrogen-bond donors (Lipinski definition) is 0. The summed E-state index contributed by atoms with van der Waals surface area (Å²) in [4.78, 5) is 0. The molecule has 0 bridgehead atoms. The Hall–Kier alpha value is -5.66. The van der Waals surface area contributed by atoms with Crippen LogP contribution in [0.4, 0.5) is 0 Å². The average Bonchev–Trinajstić information content (AvgIpc) is 3.10. The summed E-state index contributed by atoms with van der Waals surface area (Å²) >= 11 is 0. The van der Waals surface area contributed by atoms with Crippen LogP contribution in [0.3, 0.4) is 0 Å². The smallest absolute Gasteiger partial charge is 0.00260 e. The van der Waals surface area contributed by atoms with Gasteiger partial charge in [0.1, 0.15) is 0 Å². The van der Waals surface area contributed by atoms with E-state index in [4.69, 9.17) is 0 Å². The summed E-state index contributed by atoms with van der Waals surface area (Å²) in [6.45, 7) is 0. The van der Waals surface area contributed by atoms with Gasteiger partial charge in [0.2, 0.25) is 0 Å². The molecular formula is C42H29O-. The molecule has 1 nitrogen and oxygen atoms in total. The van der Waals surface area contributed by atoms with Crippen molar-refractivity contribution in [3.05, 3.63) is 176 Å². The van der Waals surface area contributed by atoms with Crippen LogP contribution in [0.15, 0.2) is 176 Å². The van der Waals surface area contributed by atoms with Crippen LogP contribution < -0.4 is 5.11 Å². The number of hydrogen-bond acceptors (Lipinski definition) is 1. The summed E-state index contributed by atoms with van der Waals surface area (Å²) in [5.74, 6) is 0.0320. The van der Waals surface area contributed by atoms with Gasteiger partial charge in [0.05, 0.1) is 0 Å². The van der Waals surface area contributed by atoms with Crippen molar-refractivity contribution in [2.75, 3.05) is 0 Å². The van der Waals surface area contributed by atoms with Gasteiger partial charge >= 0.3 is 0 Å². The second-order valence-corrected chi connectivity index (χ2v) is 10.7. The van der Waals surface area contributed by atoms with Crippen molar-refractivity contribution in [3.63, 3.8) is 0 Å². The van der Waals surface area contributed by atoms with Gasteiger partial charge < -0.3 is 5.11 Å². The summed E-state index contributed by atoms with van der Waals surface area (Å²) in [6, 6.07) is 60.4. The minimum Gasteiger partial charge on any atom is -0.872 e. The molecule has 0 aliphatic heterocycles. The predicted octanol–water partition coefficient (Wildman–Crippen LogP) is 10.8. The van der Waals surface area contributed by atoms with Gasteiger partial charge in [-0.1, -0.05) is 157 Å². The fourth-order valence-corrected chi connectivity index (χ4v) is 5.88. The molecule has 0 saturated heterocycles. The second-order valence-electron chi connectivity index (χ2n) is 10.7. The molecule has 0 radical (unpaired) electrons. The van der Waals surface area contributed by atoms with E-state index in [2.05, 4.69) is 115 Å². The second kappa shape index (κ2) is 11.7. The summed E-state index contributed by atoms with van der Waals surface area (Å²) in [6.07, 6.45) is 0. The molecule has 7 aromatic carbocycles. The van der Waals surface area contributed by atoms with Crippen molar-refractivity contribution in [1.82, 2.24) is 0 Å². The molecule has 0 aromatic heterocycles. The normalized spacial score (nSPS) is 10.9. The standard InChI is InChI=1S/C42H30O/c43-42-39(33-22-12-4-13-23-33)28-36(29-40(42)34-24-14-5-15-25-34)41-37(31-18-8-2-9-19-31)26-35(30-16-6-1-7-17-30)27-38(41)32-20-10-3-11-21-32/h1-29,43H/p-1. The Morgan fingerprint density at radius 2 is 0.535 bits per heavy atom. The Kier molecular flexibility index (Phi) is 7.13. The fourth-order valence-electron chi connectivity index (χ4n) is 5.88. The van der Waals surface area contributed by atoms with E-state index in [-0.39, 0.29) is 5.75 Å². The first-order valence-corrected chi connectivity index (χ1v) is 14.6. The maximum Gasteiger partial charge on any atom is -0.00260 e. The lowest BCUT2D eigenvalue weighted by Crippen LogP contribution is -2.00. The van der Waals surface area contributed by atoms with Crippen LogP contribution in [0, 0.1) is 0 Å². The van der Waals surface area contributed by atoms with Gasteiger partial charge in [0.15, 0.2) is 0 Å². The first-order chi connectivity index (χ1) is 21.3. The van der Waals surface area contributed by atoms with Gasteiger partial charge in [0.25, 0.3) is 0 Å². The van der Waals surface area contributed by atoms with Gasteiger partial charge in [-0.05, 0) is 91.0 Å². The van der Waals surface area contributed by atoms with E-state index >= 15 is 0 Å². The SMILES string of the molecule is [O-]c1c(-c2ccccc2)cc(-c2c(-c3ccccc3)cc(-c3ccccc3)cc2-c2ccccc2)cc1-c1ccccc1. The zero-order valence-electron chi connectivity index (χ0n) is 23.7. The Morgan fingerprint density at radius 1 is 0.256 bits per heavy atom. The summed E-state index contributed by atoms with van der Waals surface area (Å²) in [5.41, 5.74) is 12.1. The average molecular weight is 550 g/mol. The molecule has 0 atom stereocenters. The minimum absolute atomic E-state index is 0.0320. The van der Waals surface area contributed by atoms with Crippen molar-refractivity contribution in [1.29, 1.82) is 0 Å². The first-order valence-electron chi connectivity index (χ1n) is 14.6. The minimum atomic E-state index is 0.0320. The van der Waals surface area contributed by atoms with Crippen LogP contribution >= 0.6 is 0 Å². The highest BCUT2D eigenvalue weighted by Crippen LogP contribution is 2.47. The van der Waals surface area contributed by atoms with Crippen LogP contribution in [0.2, 0.25) is 0 Å². The van der Waals surface area contributed by atoms with Crippen molar-refractivity contribution in [3.8, 4) is 72.5 Å². The monoisotopic (exact) mass is 549 g/mol. The van der Waals surface area contributed by atoms with Crippen molar-refractivity contribution in [2.45, 2.75) is 0 Å². The topological polar surface area (TPSA) is 23.1 Å². The molecule has 0 amide bonds. The molecule has 0 heterocycles. The van der Waals surface area contributed by atoms with Crippen molar-refractivity contribution in [2.24, 2.45) is 0 Å². The third-order valence-corrected chi connectivity index (χ3v) is 7.96. The largest absolute Gasteiger partial charge is 0.872 e. The highest BCUT2D eigenvalue weighted by Gasteiger charge is 2.19. The maximum atomic E-state index is 14.1. The molecule has 0 spiro atoms. The Balaban J connectivity index is 1.60. The summed E-state index contributed by atoms with van der Waals surface area (Å²) < 4.78 is 0. The van der Waals surface area contributed by atoms with Gasteiger partial charge in [0, 0.05) is 0 Å². The molecule has 43 heavy (non-hydrogen) atoms. The van der Waals surface area contributed by atoms with Crippen LogP contribution in [0.25, 0.3) is 66.8 Å². The van der Waals surface area contributed by atoms with E-state index in [0.29, 0.717) is 11.1 Å². The lowest BCUT2D eigenvalue weighted by atomic mass is 9.83. The fraction of sp³-hybridized carbons (Fsp3) is 0. The molecule has 0 aliphatic rings. The molecular weight excluding hydrogens is 520 g/mol. The van der Waals surface area contributed by atoms with E-state index in [0.717, 1.165) is 55.6 Å². The zero-order chi connectivity index (χ0) is 29.0.